The van der Waals surface area contributed by atoms with E-state index in [0.29, 0.717) is 22.8 Å². The first-order chi connectivity index (χ1) is 12.0. The molecule has 25 heavy (non-hydrogen) atoms. The Bertz CT molecular complexity index is 821. The van der Waals surface area contributed by atoms with E-state index in [2.05, 4.69) is 10.5 Å². The van der Waals surface area contributed by atoms with Gasteiger partial charge in [0.15, 0.2) is 0 Å². The van der Waals surface area contributed by atoms with Gasteiger partial charge in [0.05, 0.1) is 12.1 Å². The first kappa shape index (κ1) is 17.0. The number of hydrogen-bond donors (Lipinski definition) is 2. The summed E-state index contributed by atoms with van der Waals surface area (Å²) < 4.78 is 0. The lowest BCUT2D eigenvalue weighted by Crippen LogP contribution is -2.30. The van der Waals surface area contributed by atoms with E-state index in [1.165, 1.54) is 12.3 Å². The molecule has 1 aliphatic rings. The number of nitrogens with zero attached hydrogens (tertiary/aromatic N) is 2. The first-order valence-corrected chi connectivity index (χ1v) is 8.09. The number of phenolic OH excluding ortho intramolecular Hbond substituents is 1. The molecule has 2 aromatic rings. The van der Waals surface area contributed by atoms with Crippen LogP contribution in [0.3, 0.4) is 0 Å². The van der Waals surface area contributed by atoms with Crippen LogP contribution < -0.4 is 10.3 Å². The third-order valence-corrected chi connectivity index (χ3v) is 4.20. The summed E-state index contributed by atoms with van der Waals surface area (Å²) >= 11 is 5.85. The maximum Gasteiger partial charge on any atom is 0.245 e. The molecule has 1 saturated heterocycles. The Labute approximate surface area is 149 Å². The predicted molar refractivity (Wildman–Crippen MR) is 95.8 cm³/mol. The van der Waals surface area contributed by atoms with Crippen molar-refractivity contribution in [2.24, 2.45) is 11.0 Å². The fourth-order valence-electron chi connectivity index (χ4n) is 2.61. The topological polar surface area (TPSA) is 82.0 Å². The number of anilines is 1. The van der Waals surface area contributed by atoms with Crippen LogP contribution in [0.15, 0.2) is 53.6 Å². The van der Waals surface area contributed by atoms with E-state index in [1.807, 2.05) is 0 Å². The third-order valence-electron chi connectivity index (χ3n) is 3.95. The number of hydrogen-bond acceptors (Lipinski definition) is 4. The van der Waals surface area contributed by atoms with Crippen LogP contribution in [0.4, 0.5) is 5.69 Å². The number of amides is 2. The minimum absolute atomic E-state index is 0.0745. The van der Waals surface area contributed by atoms with Gasteiger partial charge in [0.1, 0.15) is 5.75 Å². The van der Waals surface area contributed by atoms with Crippen molar-refractivity contribution < 1.29 is 14.7 Å². The van der Waals surface area contributed by atoms with E-state index in [9.17, 15) is 14.7 Å². The second kappa shape index (κ2) is 7.36. The average molecular weight is 358 g/mol. The van der Waals surface area contributed by atoms with Crippen LogP contribution in [-0.4, -0.2) is 29.7 Å². The average Bonchev–Trinajstić information content (AvgIpc) is 2.99. The van der Waals surface area contributed by atoms with Crippen molar-refractivity contribution in [3.05, 3.63) is 59.1 Å². The van der Waals surface area contributed by atoms with Gasteiger partial charge < -0.3 is 10.0 Å². The summed E-state index contributed by atoms with van der Waals surface area (Å²) in [5.74, 6) is -0.862. The number of aromatic hydroxyl groups is 1. The minimum atomic E-state index is -0.482. The Morgan fingerprint density at radius 3 is 2.68 bits per heavy atom. The van der Waals surface area contributed by atoms with Crippen molar-refractivity contribution in [3.8, 4) is 5.75 Å². The zero-order valence-corrected chi connectivity index (χ0v) is 14.0. The molecule has 2 aromatic carbocycles. The molecule has 0 bridgehead atoms. The molecular weight excluding hydrogens is 342 g/mol. The molecule has 2 amide bonds. The molecule has 2 N–H and O–H groups in total. The minimum Gasteiger partial charge on any atom is -0.507 e. The van der Waals surface area contributed by atoms with Crippen molar-refractivity contribution in [3.63, 3.8) is 0 Å². The number of benzene rings is 2. The van der Waals surface area contributed by atoms with Gasteiger partial charge in [-0.15, -0.1) is 0 Å². The zero-order valence-electron chi connectivity index (χ0n) is 13.2. The van der Waals surface area contributed by atoms with Crippen molar-refractivity contribution in [1.29, 1.82) is 0 Å². The molecule has 0 radical (unpaired) electrons. The second-order valence-corrected chi connectivity index (χ2v) is 6.11. The number of nitrogens with one attached hydrogen (secondary N) is 1. The summed E-state index contributed by atoms with van der Waals surface area (Å²) in [6.45, 7) is 0.290. The lowest BCUT2D eigenvalue weighted by atomic mass is 10.1. The van der Waals surface area contributed by atoms with Crippen LogP contribution in [0.5, 0.6) is 5.75 Å². The molecule has 1 heterocycles. The Hall–Kier alpha value is -2.86. The number of carbonyl (C=O) groups is 2. The van der Waals surface area contributed by atoms with Gasteiger partial charge in [-0.25, -0.2) is 5.43 Å². The molecule has 3 rings (SSSR count). The lowest BCUT2D eigenvalue weighted by molar-refractivity contribution is -0.126. The van der Waals surface area contributed by atoms with E-state index < -0.39 is 5.92 Å². The highest BCUT2D eigenvalue weighted by Gasteiger charge is 2.35. The van der Waals surface area contributed by atoms with Crippen molar-refractivity contribution in [2.45, 2.75) is 6.42 Å². The highest BCUT2D eigenvalue weighted by atomic mass is 35.5. The molecule has 1 fully saturated rings. The highest BCUT2D eigenvalue weighted by molar-refractivity contribution is 6.30. The van der Waals surface area contributed by atoms with E-state index >= 15 is 0 Å². The number of rotatable bonds is 4. The molecule has 1 aliphatic heterocycles. The smallest absolute Gasteiger partial charge is 0.245 e. The second-order valence-electron chi connectivity index (χ2n) is 5.67. The molecule has 7 heteroatoms. The number of para-hydroxylation sites is 1. The quantitative estimate of drug-likeness (QED) is 0.651. The van der Waals surface area contributed by atoms with Crippen LogP contribution in [0, 0.1) is 5.92 Å². The van der Waals surface area contributed by atoms with Crippen LogP contribution in [0.25, 0.3) is 0 Å². The van der Waals surface area contributed by atoms with E-state index in [-0.39, 0.29) is 24.0 Å². The molecule has 1 atom stereocenters. The Morgan fingerprint density at radius 1 is 1.24 bits per heavy atom. The van der Waals surface area contributed by atoms with Crippen LogP contribution in [-0.2, 0) is 9.59 Å². The molecule has 128 valence electrons. The Morgan fingerprint density at radius 2 is 1.96 bits per heavy atom. The van der Waals surface area contributed by atoms with Crippen LogP contribution >= 0.6 is 11.6 Å². The summed E-state index contributed by atoms with van der Waals surface area (Å²) in [6.07, 6.45) is 1.49. The molecule has 6 nitrogen and oxygen atoms in total. The van der Waals surface area contributed by atoms with Gasteiger partial charge in [0, 0.05) is 29.2 Å². The molecule has 0 aromatic heterocycles. The van der Waals surface area contributed by atoms with Gasteiger partial charge in [-0.3, -0.25) is 9.59 Å². The predicted octanol–water partition coefficient (Wildman–Crippen LogP) is 2.55. The van der Waals surface area contributed by atoms with Crippen LogP contribution in [0.1, 0.15) is 12.0 Å². The molecule has 0 unspecified atom stereocenters. The van der Waals surface area contributed by atoms with Crippen molar-refractivity contribution >= 4 is 35.3 Å². The third kappa shape index (κ3) is 3.97. The maximum atomic E-state index is 12.2. The largest absolute Gasteiger partial charge is 0.507 e. The summed E-state index contributed by atoms with van der Waals surface area (Å²) in [5, 5.41) is 14.1. The Kier molecular flexibility index (Phi) is 5.00. The summed E-state index contributed by atoms with van der Waals surface area (Å²) in [4.78, 5) is 25.9. The molecule has 0 aliphatic carbocycles. The fourth-order valence-corrected chi connectivity index (χ4v) is 2.73. The SMILES string of the molecule is O=C(N/N=C/c1ccccc1O)[C@H]1CC(=O)N(c2ccc(Cl)cc2)C1. The number of halogens is 1. The van der Waals surface area contributed by atoms with Gasteiger partial charge in [0.2, 0.25) is 11.8 Å². The van der Waals surface area contributed by atoms with E-state index in [0.717, 1.165) is 0 Å². The van der Waals surface area contributed by atoms with Gasteiger partial charge in [-0.05, 0) is 36.4 Å². The maximum absolute atomic E-state index is 12.2. The van der Waals surface area contributed by atoms with Crippen molar-refractivity contribution in [1.82, 2.24) is 5.43 Å². The summed E-state index contributed by atoms with van der Waals surface area (Å²) in [7, 11) is 0. The molecular formula is C18H16ClN3O3. The Balaban J connectivity index is 1.61. The fraction of sp³-hybridized carbons (Fsp3) is 0.167. The zero-order chi connectivity index (χ0) is 17.8. The number of carbonyl (C=O) groups excluding carboxylic acids is 2. The molecule has 0 saturated carbocycles. The van der Waals surface area contributed by atoms with Crippen molar-refractivity contribution in [2.75, 3.05) is 11.4 Å². The highest BCUT2D eigenvalue weighted by Crippen LogP contribution is 2.26. The number of hydrazone groups is 1. The van der Waals surface area contributed by atoms with Gasteiger partial charge in [0.25, 0.3) is 0 Å². The molecule has 0 spiro atoms. The van der Waals surface area contributed by atoms with E-state index in [4.69, 9.17) is 11.6 Å². The monoisotopic (exact) mass is 357 g/mol. The van der Waals surface area contributed by atoms with Crippen LogP contribution in [0.2, 0.25) is 5.02 Å². The number of phenols is 1. The van der Waals surface area contributed by atoms with Gasteiger partial charge in [-0.1, -0.05) is 23.7 Å². The lowest BCUT2D eigenvalue weighted by Gasteiger charge is -2.16. The first-order valence-electron chi connectivity index (χ1n) is 7.71. The summed E-state index contributed by atoms with van der Waals surface area (Å²) in [6, 6.07) is 13.6. The van der Waals surface area contributed by atoms with E-state index in [1.54, 1.807) is 47.4 Å². The van der Waals surface area contributed by atoms with Gasteiger partial charge in [-0.2, -0.15) is 5.10 Å². The summed E-state index contributed by atoms with van der Waals surface area (Å²) in [5.41, 5.74) is 3.63. The standard InChI is InChI=1S/C18H16ClN3O3/c19-14-5-7-15(8-6-14)22-11-13(9-17(22)24)18(25)21-20-10-12-3-1-2-4-16(12)23/h1-8,10,13,23H,9,11H2,(H,21,25)/b20-10+/t13-/m0/s1. The van der Waals surface area contributed by atoms with Gasteiger partial charge >= 0.3 is 0 Å². The normalized spacial score (nSPS) is 17.2.